The van der Waals surface area contributed by atoms with Crippen molar-refractivity contribution in [2.24, 2.45) is 5.41 Å². The lowest BCUT2D eigenvalue weighted by molar-refractivity contribution is -0.175. The van der Waals surface area contributed by atoms with Crippen molar-refractivity contribution in [2.45, 2.75) is 51.5 Å². The molecule has 2 aliphatic rings. The Morgan fingerprint density at radius 2 is 1.68 bits per heavy atom. The minimum absolute atomic E-state index is 0.0551. The largest absolute Gasteiger partial charge is 0.465 e. The minimum Gasteiger partial charge on any atom is -0.465 e. The Bertz CT molecular complexity index is 1430. The number of carbonyl (C=O) groups excluding carboxylic acids is 4. The van der Waals surface area contributed by atoms with Gasteiger partial charge in [0.1, 0.15) is 25.0 Å². The summed E-state index contributed by atoms with van der Waals surface area (Å²) >= 11 is 0. The summed E-state index contributed by atoms with van der Waals surface area (Å²) in [4.78, 5) is 56.9. The highest BCUT2D eigenvalue weighted by atomic mass is 16.6. The molecule has 212 valence electrons. The zero-order valence-electron chi connectivity index (χ0n) is 23.1. The van der Waals surface area contributed by atoms with Crippen LogP contribution in [0.5, 0.6) is 0 Å². The van der Waals surface area contributed by atoms with Gasteiger partial charge in [-0.05, 0) is 29.3 Å². The maximum atomic E-state index is 14.0. The van der Waals surface area contributed by atoms with Gasteiger partial charge in [-0.1, -0.05) is 87.5 Å². The molecule has 3 heterocycles. The molecular weight excluding hydrogens is 524 g/mol. The third-order valence-corrected chi connectivity index (χ3v) is 7.26. The van der Waals surface area contributed by atoms with Crippen molar-refractivity contribution in [3.05, 3.63) is 102 Å². The fourth-order valence-electron chi connectivity index (χ4n) is 5.11. The number of nitrogens with zero attached hydrogens (tertiary/aromatic N) is 2. The van der Waals surface area contributed by atoms with Crippen LogP contribution in [-0.4, -0.2) is 58.3 Å². The Balaban J connectivity index is 1.50. The quantitative estimate of drug-likeness (QED) is 0.212. The van der Waals surface area contributed by atoms with Gasteiger partial charge < -0.3 is 18.8 Å². The highest BCUT2D eigenvalue weighted by Crippen LogP contribution is 2.39. The molecule has 2 saturated heterocycles. The van der Waals surface area contributed by atoms with Crippen LogP contribution >= 0.6 is 0 Å². The first-order valence-electron chi connectivity index (χ1n) is 13.5. The van der Waals surface area contributed by atoms with E-state index in [9.17, 15) is 19.2 Å². The number of ketones is 1. The number of carbonyl (C=O) groups is 4. The van der Waals surface area contributed by atoms with Crippen LogP contribution in [0.2, 0.25) is 0 Å². The number of Topliss-reactive ketones (excluding diaryl/α,β-unsaturated/α-hetero) is 1. The van der Waals surface area contributed by atoms with Gasteiger partial charge in [-0.25, -0.2) is 9.59 Å². The third kappa shape index (κ3) is 5.66. The summed E-state index contributed by atoms with van der Waals surface area (Å²) in [5, 5.41) is 0. The molecule has 3 aromatic rings. The van der Waals surface area contributed by atoms with Crippen LogP contribution in [0.3, 0.4) is 0 Å². The minimum atomic E-state index is -1.51. The van der Waals surface area contributed by atoms with Gasteiger partial charge >= 0.3 is 12.1 Å². The van der Waals surface area contributed by atoms with Gasteiger partial charge in [0.25, 0.3) is 0 Å². The number of likely N-dealkylation sites (tertiary alicyclic amines) is 1. The second-order valence-electron chi connectivity index (χ2n) is 11.1. The number of benzene rings is 2. The monoisotopic (exact) mass is 556 g/mol. The summed E-state index contributed by atoms with van der Waals surface area (Å²) in [5.41, 5.74) is 0.592. The molecule has 2 amide bonds. The Morgan fingerprint density at radius 3 is 2.32 bits per heavy atom. The van der Waals surface area contributed by atoms with Gasteiger partial charge in [0.05, 0.1) is 18.3 Å². The normalized spacial score (nSPS) is 21.5. The topological polar surface area (TPSA) is 106 Å². The van der Waals surface area contributed by atoms with Crippen molar-refractivity contribution in [1.29, 1.82) is 0 Å². The molecular formula is C32H32N2O7. The summed E-state index contributed by atoms with van der Waals surface area (Å²) in [6.45, 7) is 5.08. The second-order valence-corrected chi connectivity index (χ2v) is 11.1. The van der Waals surface area contributed by atoms with E-state index in [0.29, 0.717) is 5.76 Å². The highest BCUT2D eigenvalue weighted by Gasteiger charge is 2.60. The van der Waals surface area contributed by atoms with Gasteiger partial charge in [0, 0.05) is 5.41 Å². The van der Waals surface area contributed by atoms with E-state index in [1.165, 1.54) is 16.1 Å². The zero-order chi connectivity index (χ0) is 29.1. The predicted octanol–water partition coefficient (Wildman–Crippen LogP) is 4.79. The highest BCUT2D eigenvalue weighted by molar-refractivity contribution is 6.10. The number of β-lactam (4-membered cyclic amide) rings is 1. The molecule has 0 spiro atoms. The number of cyclic esters (lactones) is 1. The van der Waals surface area contributed by atoms with Gasteiger partial charge in [0.2, 0.25) is 5.91 Å². The van der Waals surface area contributed by atoms with E-state index >= 15 is 0 Å². The van der Waals surface area contributed by atoms with Crippen LogP contribution in [0, 0.1) is 5.41 Å². The molecule has 2 aliphatic heterocycles. The summed E-state index contributed by atoms with van der Waals surface area (Å²) in [6.07, 6.45) is 4.20. The van der Waals surface area contributed by atoms with Crippen LogP contribution in [0.25, 0.3) is 6.08 Å². The molecule has 0 unspecified atom stereocenters. The number of hydrogen-bond acceptors (Lipinski definition) is 7. The molecule has 41 heavy (non-hydrogen) atoms. The van der Waals surface area contributed by atoms with Gasteiger partial charge in [-0.2, -0.15) is 0 Å². The van der Waals surface area contributed by atoms with Crippen molar-refractivity contribution in [2.75, 3.05) is 6.61 Å². The average Bonchev–Trinajstić information content (AvgIpc) is 3.62. The molecule has 2 aromatic carbocycles. The maximum absolute atomic E-state index is 14.0. The molecule has 0 N–H and O–H groups in total. The second kappa shape index (κ2) is 11.4. The van der Waals surface area contributed by atoms with Gasteiger partial charge in [-0.3, -0.25) is 14.5 Å². The van der Waals surface area contributed by atoms with Crippen molar-refractivity contribution >= 4 is 29.8 Å². The molecule has 0 radical (unpaired) electrons. The Labute approximate surface area is 238 Å². The maximum Gasteiger partial charge on any atom is 0.411 e. The van der Waals surface area contributed by atoms with Crippen LogP contribution < -0.4 is 0 Å². The zero-order valence-corrected chi connectivity index (χ0v) is 23.1. The SMILES string of the molecule is CC(C)(C)C(=O)[C@H](C(=O)OCc1ccccc1)N1C(=O)[C@@H](N2C(=O)OC[C@@H]2c2ccccc2)[C@H]1/C=C/c1ccco1. The molecule has 2 fully saturated rings. The summed E-state index contributed by atoms with van der Waals surface area (Å²) in [6, 6.07) is 18.0. The number of hydrogen-bond donors (Lipinski definition) is 0. The van der Waals surface area contributed by atoms with E-state index in [-0.39, 0.29) is 13.2 Å². The molecule has 0 saturated carbocycles. The van der Waals surface area contributed by atoms with Crippen molar-refractivity contribution in [3.63, 3.8) is 0 Å². The molecule has 0 bridgehead atoms. The van der Waals surface area contributed by atoms with E-state index in [1.807, 2.05) is 48.5 Å². The molecule has 4 atom stereocenters. The van der Waals surface area contributed by atoms with Crippen LogP contribution in [0.4, 0.5) is 4.79 Å². The predicted molar refractivity (Wildman–Crippen MR) is 149 cm³/mol. The number of furan rings is 1. The number of rotatable bonds is 9. The van der Waals surface area contributed by atoms with E-state index in [2.05, 4.69) is 0 Å². The number of amides is 2. The lowest BCUT2D eigenvalue weighted by atomic mass is 9.81. The first-order valence-corrected chi connectivity index (χ1v) is 13.5. The van der Waals surface area contributed by atoms with E-state index < -0.39 is 53.3 Å². The summed E-state index contributed by atoms with van der Waals surface area (Å²) < 4.78 is 16.4. The van der Waals surface area contributed by atoms with Gasteiger partial charge in [-0.15, -0.1) is 0 Å². The van der Waals surface area contributed by atoms with Crippen LogP contribution in [0.1, 0.15) is 43.7 Å². The first kappa shape index (κ1) is 27.9. The third-order valence-electron chi connectivity index (χ3n) is 7.26. The average molecular weight is 557 g/mol. The van der Waals surface area contributed by atoms with E-state index in [1.54, 1.807) is 57.2 Å². The van der Waals surface area contributed by atoms with Crippen molar-refractivity contribution in [3.8, 4) is 0 Å². The molecule has 5 rings (SSSR count). The van der Waals surface area contributed by atoms with Gasteiger partial charge in [0.15, 0.2) is 11.8 Å². The smallest absolute Gasteiger partial charge is 0.411 e. The lowest BCUT2D eigenvalue weighted by Gasteiger charge is -2.52. The number of ether oxygens (including phenoxy) is 2. The van der Waals surface area contributed by atoms with Crippen LogP contribution in [-0.2, 0) is 30.5 Å². The Kier molecular flexibility index (Phi) is 7.79. The molecule has 1 aromatic heterocycles. The van der Waals surface area contributed by atoms with Crippen LogP contribution in [0.15, 0.2) is 89.6 Å². The molecule has 9 nitrogen and oxygen atoms in total. The summed E-state index contributed by atoms with van der Waals surface area (Å²) in [5.74, 6) is -1.34. The standard InChI is InChI=1S/C32H32N2O7/c1-32(2,3)28(35)27(30(37)40-19-21-11-6-4-7-12-21)33-24(17-16-23-15-10-18-39-23)26(29(33)36)34-25(20-41-31(34)38)22-13-8-5-9-14-22/h4-18,24-27H,19-20H2,1-3H3/b17-16+/t24-,25-,26+,27-/m1/s1. The fraction of sp³-hybridized carbons (Fsp3) is 0.312. The number of esters is 1. The Hall–Kier alpha value is -4.66. The molecule has 0 aliphatic carbocycles. The summed E-state index contributed by atoms with van der Waals surface area (Å²) in [7, 11) is 0. The van der Waals surface area contributed by atoms with E-state index in [0.717, 1.165) is 11.1 Å². The lowest BCUT2D eigenvalue weighted by Crippen LogP contribution is -2.75. The van der Waals surface area contributed by atoms with E-state index in [4.69, 9.17) is 13.9 Å². The fourth-order valence-corrected chi connectivity index (χ4v) is 5.11. The first-order chi connectivity index (χ1) is 19.7. The van der Waals surface area contributed by atoms with Crippen molar-refractivity contribution < 1.29 is 33.1 Å². The molecule has 9 heteroatoms. The van der Waals surface area contributed by atoms with Crippen molar-refractivity contribution in [1.82, 2.24) is 9.80 Å². The Morgan fingerprint density at radius 1 is 1.00 bits per heavy atom.